The van der Waals surface area contributed by atoms with E-state index in [4.69, 9.17) is 4.98 Å². The van der Waals surface area contributed by atoms with E-state index in [1.54, 1.807) is 73.4 Å². The van der Waals surface area contributed by atoms with Crippen LogP contribution in [0, 0.1) is 19.7 Å². The lowest BCUT2D eigenvalue weighted by Crippen LogP contribution is -2.14. The van der Waals surface area contributed by atoms with Gasteiger partial charge in [-0.2, -0.15) is 5.10 Å². The Morgan fingerprint density at radius 2 is 1.79 bits per heavy atom. The van der Waals surface area contributed by atoms with Crippen molar-refractivity contribution in [3.05, 3.63) is 95.8 Å². The van der Waals surface area contributed by atoms with Crippen molar-refractivity contribution in [3.63, 3.8) is 0 Å². The fraction of sp³-hybridized carbons (Fsp3) is 0.0800. The van der Waals surface area contributed by atoms with Gasteiger partial charge in [0, 0.05) is 35.4 Å². The Bertz CT molecular complexity index is 1510. The van der Waals surface area contributed by atoms with E-state index in [9.17, 15) is 9.18 Å². The molecule has 0 aliphatic rings. The van der Waals surface area contributed by atoms with E-state index >= 15 is 0 Å². The van der Waals surface area contributed by atoms with Crippen LogP contribution in [0.4, 0.5) is 10.2 Å². The summed E-state index contributed by atoms with van der Waals surface area (Å²) in [7, 11) is 0. The number of hydrogen-bond acceptors (Lipinski definition) is 5. The zero-order valence-corrected chi connectivity index (χ0v) is 18.0. The molecule has 0 fully saturated rings. The number of carbonyl (C=O) groups is 1. The van der Waals surface area contributed by atoms with Crippen LogP contribution in [0.2, 0.25) is 0 Å². The highest BCUT2D eigenvalue weighted by Crippen LogP contribution is 2.33. The number of amides is 1. The van der Waals surface area contributed by atoms with Gasteiger partial charge in [0.1, 0.15) is 17.3 Å². The summed E-state index contributed by atoms with van der Waals surface area (Å²) in [5.74, 6) is -0.189. The Balaban J connectivity index is 1.60. The number of aryl methyl sites for hydroxylation is 2. The summed E-state index contributed by atoms with van der Waals surface area (Å²) in [6.45, 7) is 3.49. The van der Waals surface area contributed by atoms with Crippen molar-refractivity contribution >= 4 is 17.4 Å². The first-order chi connectivity index (χ1) is 16.0. The van der Waals surface area contributed by atoms with Gasteiger partial charge in [0.25, 0.3) is 5.91 Å². The van der Waals surface area contributed by atoms with Crippen LogP contribution in [-0.2, 0) is 0 Å². The summed E-state index contributed by atoms with van der Waals surface area (Å²) >= 11 is 0. The summed E-state index contributed by atoms with van der Waals surface area (Å²) in [5.41, 5.74) is 5.18. The first kappa shape index (κ1) is 20.4. The first-order valence-electron chi connectivity index (χ1n) is 10.3. The number of fused-ring (bicyclic) bond motifs is 1. The van der Waals surface area contributed by atoms with E-state index in [1.165, 1.54) is 6.07 Å². The third kappa shape index (κ3) is 3.82. The molecule has 0 radical (unpaired) electrons. The average Bonchev–Trinajstić information content (AvgIpc) is 3.21. The molecule has 8 heteroatoms. The lowest BCUT2D eigenvalue weighted by atomic mass is 10.0. The van der Waals surface area contributed by atoms with E-state index in [-0.39, 0.29) is 11.7 Å². The number of anilines is 1. The van der Waals surface area contributed by atoms with Crippen LogP contribution in [0.15, 0.2) is 73.2 Å². The van der Waals surface area contributed by atoms with Gasteiger partial charge in [-0.15, -0.1) is 0 Å². The van der Waals surface area contributed by atoms with Crippen LogP contribution < -0.4 is 5.32 Å². The van der Waals surface area contributed by atoms with E-state index in [0.29, 0.717) is 39.7 Å². The molecule has 0 saturated carbocycles. The van der Waals surface area contributed by atoms with Crippen molar-refractivity contribution in [1.29, 1.82) is 0 Å². The number of hydrogen-bond donors (Lipinski definition) is 1. The Morgan fingerprint density at radius 3 is 2.61 bits per heavy atom. The lowest BCUT2D eigenvalue weighted by Gasteiger charge is -2.09. The van der Waals surface area contributed by atoms with E-state index in [0.717, 1.165) is 11.1 Å². The number of nitrogens with one attached hydrogen (secondary N) is 1. The van der Waals surface area contributed by atoms with Gasteiger partial charge < -0.3 is 5.32 Å². The molecular weight excluding hydrogens is 419 g/mol. The van der Waals surface area contributed by atoms with Gasteiger partial charge in [-0.25, -0.2) is 18.9 Å². The Kier molecular flexibility index (Phi) is 5.10. The van der Waals surface area contributed by atoms with Gasteiger partial charge in [0.05, 0.1) is 11.3 Å². The molecule has 4 heterocycles. The van der Waals surface area contributed by atoms with Crippen LogP contribution >= 0.6 is 0 Å². The molecular formula is C25H19FN6O. The molecule has 0 saturated heterocycles. The molecule has 1 amide bonds. The molecule has 0 unspecified atom stereocenters. The quantitative estimate of drug-likeness (QED) is 0.433. The second-order valence-corrected chi connectivity index (χ2v) is 7.59. The maximum absolute atomic E-state index is 13.9. The van der Waals surface area contributed by atoms with Crippen molar-refractivity contribution in [3.8, 4) is 22.5 Å². The molecule has 33 heavy (non-hydrogen) atoms. The molecule has 4 aromatic heterocycles. The van der Waals surface area contributed by atoms with Gasteiger partial charge in [-0.05, 0) is 74.0 Å². The van der Waals surface area contributed by atoms with Gasteiger partial charge in [0.2, 0.25) is 0 Å². The van der Waals surface area contributed by atoms with Crippen molar-refractivity contribution < 1.29 is 9.18 Å². The van der Waals surface area contributed by atoms with Crippen molar-refractivity contribution in [1.82, 2.24) is 24.6 Å². The summed E-state index contributed by atoms with van der Waals surface area (Å²) in [5, 5.41) is 7.29. The molecule has 0 spiro atoms. The zero-order valence-electron chi connectivity index (χ0n) is 18.0. The predicted octanol–water partition coefficient (Wildman–Crippen LogP) is 4.86. The normalized spacial score (nSPS) is 11.0. The number of pyridine rings is 2. The molecule has 0 bridgehead atoms. The molecule has 7 nitrogen and oxygen atoms in total. The molecule has 1 aromatic carbocycles. The maximum atomic E-state index is 13.9. The van der Waals surface area contributed by atoms with Gasteiger partial charge in [-0.1, -0.05) is 0 Å². The summed E-state index contributed by atoms with van der Waals surface area (Å²) in [6.07, 6.45) is 4.93. The average molecular weight is 438 g/mol. The third-order valence-electron chi connectivity index (χ3n) is 5.35. The highest BCUT2D eigenvalue weighted by Gasteiger charge is 2.19. The molecule has 0 aliphatic heterocycles. The Morgan fingerprint density at radius 1 is 0.939 bits per heavy atom. The van der Waals surface area contributed by atoms with E-state index < -0.39 is 0 Å². The predicted molar refractivity (Wildman–Crippen MR) is 123 cm³/mol. The monoisotopic (exact) mass is 438 g/mol. The van der Waals surface area contributed by atoms with Crippen molar-refractivity contribution in [2.45, 2.75) is 13.8 Å². The van der Waals surface area contributed by atoms with Gasteiger partial charge in [0.15, 0.2) is 5.65 Å². The van der Waals surface area contributed by atoms with E-state index in [2.05, 4.69) is 20.4 Å². The smallest absolute Gasteiger partial charge is 0.258 e. The third-order valence-corrected chi connectivity index (χ3v) is 5.35. The lowest BCUT2D eigenvalue weighted by molar-refractivity contribution is 0.102. The number of halogens is 1. The number of nitrogens with zero attached hydrogens (tertiary/aromatic N) is 5. The molecule has 5 aromatic rings. The second kappa shape index (κ2) is 8.23. The molecule has 1 N–H and O–H groups in total. The van der Waals surface area contributed by atoms with Gasteiger partial charge in [-0.3, -0.25) is 9.78 Å². The molecule has 5 rings (SSSR count). The van der Waals surface area contributed by atoms with Crippen molar-refractivity contribution in [2.24, 2.45) is 0 Å². The second-order valence-electron chi connectivity index (χ2n) is 7.59. The Hall–Kier alpha value is -4.46. The Labute approximate surface area is 189 Å². The summed E-state index contributed by atoms with van der Waals surface area (Å²) in [4.78, 5) is 26.0. The summed E-state index contributed by atoms with van der Waals surface area (Å²) in [6, 6.07) is 15.6. The fourth-order valence-electron chi connectivity index (χ4n) is 3.70. The molecule has 0 aliphatic carbocycles. The minimum absolute atomic E-state index is 0.276. The van der Waals surface area contributed by atoms with Crippen molar-refractivity contribution in [2.75, 3.05) is 5.32 Å². The van der Waals surface area contributed by atoms with Gasteiger partial charge >= 0.3 is 0 Å². The van der Waals surface area contributed by atoms with Crippen LogP contribution in [0.25, 0.3) is 28.2 Å². The van der Waals surface area contributed by atoms with Crippen LogP contribution in [0.3, 0.4) is 0 Å². The van der Waals surface area contributed by atoms with Crippen LogP contribution in [0.5, 0.6) is 0 Å². The zero-order chi connectivity index (χ0) is 22.9. The first-order valence-corrected chi connectivity index (χ1v) is 10.3. The molecule has 162 valence electrons. The number of rotatable bonds is 4. The summed E-state index contributed by atoms with van der Waals surface area (Å²) < 4.78 is 15.6. The largest absolute Gasteiger partial charge is 0.306 e. The molecule has 0 atom stereocenters. The fourth-order valence-corrected chi connectivity index (χ4v) is 3.70. The minimum atomic E-state index is -0.295. The highest BCUT2D eigenvalue weighted by atomic mass is 19.1. The number of carbonyl (C=O) groups excluding carboxylic acids is 1. The standard InChI is InChI=1S/C25H19FN6O/c1-15-13-17(7-8-20(15)26)23-24(32-22(31-23)6-4-11-29-32)18-9-12-28-21(14-18)30-25(33)19-5-3-10-27-16(19)2/h3-14H,1-2H3,(H,28,30,33). The number of benzene rings is 1. The maximum Gasteiger partial charge on any atom is 0.258 e. The van der Waals surface area contributed by atoms with Crippen LogP contribution in [-0.4, -0.2) is 30.5 Å². The topological polar surface area (TPSA) is 85.1 Å². The number of aromatic nitrogens is 5. The van der Waals surface area contributed by atoms with Crippen LogP contribution in [0.1, 0.15) is 21.6 Å². The minimum Gasteiger partial charge on any atom is -0.306 e. The number of imidazole rings is 1. The van der Waals surface area contributed by atoms with E-state index in [1.807, 2.05) is 12.1 Å². The SMILES string of the molecule is Cc1cc(-c2nc3cccnn3c2-c2ccnc(NC(=O)c3cccnc3C)c2)ccc1F. The highest BCUT2D eigenvalue weighted by molar-refractivity contribution is 6.04.